The second-order valence-electron chi connectivity index (χ2n) is 3.01. The van der Waals surface area contributed by atoms with Gasteiger partial charge in [0.2, 0.25) is 0 Å². The van der Waals surface area contributed by atoms with E-state index in [0.29, 0.717) is 6.04 Å². The maximum atomic E-state index is 8.73. The van der Waals surface area contributed by atoms with E-state index in [1.165, 1.54) is 12.8 Å². The number of nitrogens with zero attached hydrogens (tertiary/aromatic N) is 1. The molecule has 0 aliphatic carbocycles. The molecule has 1 saturated heterocycles. The van der Waals surface area contributed by atoms with Crippen molar-refractivity contribution in [2.75, 3.05) is 33.4 Å². The zero-order valence-corrected chi connectivity index (χ0v) is 7.12. The molecule has 0 radical (unpaired) electrons. The number of ether oxygens (including phenoxy) is 1. The first-order valence-electron chi connectivity index (χ1n) is 4.22. The van der Waals surface area contributed by atoms with E-state index in [1.807, 2.05) is 0 Å². The van der Waals surface area contributed by atoms with Crippen LogP contribution in [0.5, 0.6) is 0 Å². The molecule has 1 N–H and O–H groups in total. The first kappa shape index (κ1) is 8.97. The van der Waals surface area contributed by atoms with Crippen LogP contribution in [-0.4, -0.2) is 49.5 Å². The van der Waals surface area contributed by atoms with Crippen molar-refractivity contribution in [1.82, 2.24) is 4.90 Å². The SMILES string of the molecule is COCC1CCCN1CCO. The fraction of sp³-hybridized carbons (Fsp3) is 1.00. The van der Waals surface area contributed by atoms with Crippen molar-refractivity contribution in [2.24, 2.45) is 0 Å². The van der Waals surface area contributed by atoms with E-state index in [4.69, 9.17) is 9.84 Å². The van der Waals surface area contributed by atoms with Crippen LogP contribution in [-0.2, 0) is 4.74 Å². The summed E-state index contributed by atoms with van der Waals surface area (Å²) < 4.78 is 5.08. The Balaban J connectivity index is 2.25. The van der Waals surface area contributed by atoms with Crippen LogP contribution in [0.3, 0.4) is 0 Å². The van der Waals surface area contributed by atoms with Gasteiger partial charge in [-0.05, 0) is 19.4 Å². The van der Waals surface area contributed by atoms with Gasteiger partial charge in [0.1, 0.15) is 0 Å². The van der Waals surface area contributed by atoms with Crippen LogP contribution in [0.1, 0.15) is 12.8 Å². The second kappa shape index (κ2) is 4.70. The molecule has 1 fully saturated rings. The van der Waals surface area contributed by atoms with Crippen LogP contribution in [0.25, 0.3) is 0 Å². The van der Waals surface area contributed by atoms with Crippen LogP contribution in [0.2, 0.25) is 0 Å². The van der Waals surface area contributed by atoms with Gasteiger partial charge in [-0.3, -0.25) is 4.90 Å². The number of rotatable bonds is 4. The van der Waals surface area contributed by atoms with E-state index in [1.54, 1.807) is 7.11 Å². The molecule has 1 heterocycles. The monoisotopic (exact) mass is 159 g/mol. The van der Waals surface area contributed by atoms with Crippen molar-refractivity contribution in [1.29, 1.82) is 0 Å². The van der Waals surface area contributed by atoms with Crippen molar-refractivity contribution in [3.8, 4) is 0 Å². The lowest BCUT2D eigenvalue weighted by Gasteiger charge is -2.22. The van der Waals surface area contributed by atoms with Gasteiger partial charge in [-0.15, -0.1) is 0 Å². The summed E-state index contributed by atoms with van der Waals surface area (Å²) in [7, 11) is 1.73. The molecule has 1 rings (SSSR count). The van der Waals surface area contributed by atoms with Crippen LogP contribution in [0, 0.1) is 0 Å². The average molecular weight is 159 g/mol. The van der Waals surface area contributed by atoms with Gasteiger partial charge < -0.3 is 9.84 Å². The highest BCUT2D eigenvalue weighted by molar-refractivity contribution is 4.78. The molecule has 1 aliphatic heterocycles. The maximum Gasteiger partial charge on any atom is 0.0618 e. The van der Waals surface area contributed by atoms with E-state index in [9.17, 15) is 0 Å². The third kappa shape index (κ3) is 2.43. The van der Waals surface area contributed by atoms with Gasteiger partial charge >= 0.3 is 0 Å². The average Bonchev–Trinajstić information content (AvgIpc) is 2.39. The molecule has 3 heteroatoms. The number of hydrogen-bond donors (Lipinski definition) is 1. The molecule has 0 spiro atoms. The summed E-state index contributed by atoms with van der Waals surface area (Å²) in [4.78, 5) is 2.30. The lowest BCUT2D eigenvalue weighted by atomic mass is 10.2. The standard InChI is InChI=1S/C8H17NO2/c1-11-7-8-3-2-4-9(8)5-6-10/h8,10H,2-7H2,1H3. The summed E-state index contributed by atoms with van der Waals surface area (Å²) >= 11 is 0. The number of methoxy groups -OCH3 is 1. The van der Waals surface area contributed by atoms with Gasteiger partial charge in [0.05, 0.1) is 13.2 Å². The van der Waals surface area contributed by atoms with Crippen molar-refractivity contribution < 1.29 is 9.84 Å². The lowest BCUT2D eigenvalue weighted by Crippen LogP contribution is -2.34. The number of aliphatic hydroxyl groups excluding tert-OH is 1. The van der Waals surface area contributed by atoms with Gasteiger partial charge in [-0.25, -0.2) is 0 Å². The van der Waals surface area contributed by atoms with Gasteiger partial charge in [-0.2, -0.15) is 0 Å². The quantitative estimate of drug-likeness (QED) is 0.631. The minimum absolute atomic E-state index is 0.264. The zero-order valence-electron chi connectivity index (χ0n) is 7.12. The van der Waals surface area contributed by atoms with E-state index in [2.05, 4.69) is 4.90 Å². The molecule has 3 nitrogen and oxygen atoms in total. The highest BCUT2D eigenvalue weighted by Crippen LogP contribution is 2.16. The number of aliphatic hydroxyl groups is 1. The first-order valence-corrected chi connectivity index (χ1v) is 4.22. The minimum atomic E-state index is 0.264. The summed E-state index contributed by atoms with van der Waals surface area (Å²) in [6.45, 7) is 2.99. The Morgan fingerprint density at radius 3 is 3.09 bits per heavy atom. The van der Waals surface area contributed by atoms with Crippen LogP contribution < -0.4 is 0 Å². The van der Waals surface area contributed by atoms with Crippen molar-refractivity contribution in [3.63, 3.8) is 0 Å². The molecule has 0 aromatic rings. The molecule has 0 saturated carbocycles. The summed E-state index contributed by atoms with van der Waals surface area (Å²) in [5.41, 5.74) is 0. The molecule has 0 amide bonds. The molecular weight excluding hydrogens is 142 g/mol. The Morgan fingerprint density at radius 2 is 2.45 bits per heavy atom. The number of likely N-dealkylation sites (tertiary alicyclic amines) is 1. The van der Waals surface area contributed by atoms with E-state index < -0.39 is 0 Å². The predicted molar refractivity (Wildman–Crippen MR) is 43.6 cm³/mol. The minimum Gasteiger partial charge on any atom is -0.395 e. The number of hydrogen-bond acceptors (Lipinski definition) is 3. The Morgan fingerprint density at radius 1 is 1.64 bits per heavy atom. The van der Waals surface area contributed by atoms with E-state index >= 15 is 0 Å². The zero-order chi connectivity index (χ0) is 8.10. The fourth-order valence-electron chi connectivity index (χ4n) is 1.70. The van der Waals surface area contributed by atoms with Gasteiger partial charge in [0.25, 0.3) is 0 Å². The fourth-order valence-corrected chi connectivity index (χ4v) is 1.70. The topological polar surface area (TPSA) is 32.7 Å². The normalized spacial score (nSPS) is 26.2. The molecule has 11 heavy (non-hydrogen) atoms. The van der Waals surface area contributed by atoms with E-state index in [0.717, 1.165) is 19.7 Å². The summed E-state index contributed by atoms with van der Waals surface area (Å²) in [6, 6.07) is 0.548. The molecular formula is C8H17NO2. The molecule has 66 valence electrons. The first-order chi connectivity index (χ1) is 5.38. The Labute approximate surface area is 68.0 Å². The number of β-amino-alcohol motifs (C(OH)–C–C–N with tert-alkyl or cyclic N) is 1. The molecule has 1 atom stereocenters. The van der Waals surface area contributed by atoms with E-state index in [-0.39, 0.29) is 6.61 Å². The molecule has 0 bridgehead atoms. The highest BCUT2D eigenvalue weighted by atomic mass is 16.5. The molecule has 0 aromatic carbocycles. The molecule has 1 unspecified atom stereocenters. The second-order valence-corrected chi connectivity index (χ2v) is 3.01. The van der Waals surface area contributed by atoms with Crippen LogP contribution >= 0.6 is 0 Å². The molecule has 1 aliphatic rings. The third-order valence-electron chi connectivity index (χ3n) is 2.25. The van der Waals surface area contributed by atoms with Crippen molar-refractivity contribution in [2.45, 2.75) is 18.9 Å². The summed E-state index contributed by atoms with van der Waals surface area (Å²) in [6.07, 6.45) is 2.46. The third-order valence-corrected chi connectivity index (χ3v) is 2.25. The molecule has 0 aromatic heterocycles. The largest absolute Gasteiger partial charge is 0.395 e. The Kier molecular flexibility index (Phi) is 3.83. The smallest absolute Gasteiger partial charge is 0.0618 e. The summed E-state index contributed by atoms with van der Waals surface area (Å²) in [5.74, 6) is 0. The Bertz CT molecular complexity index is 96.3. The van der Waals surface area contributed by atoms with Crippen LogP contribution in [0.15, 0.2) is 0 Å². The van der Waals surface area contributed by atoms with Gasteiger partial charge in [-0.1, -0.05) is 0 Å². The Hall–Kier alpha value is -0.120. The van der Waals surface area contributed by atoms with Crippen molar-refractivity contribution >= 4 is 0 Å². The lowest BCUT2D eigenvalue weighted by molar-refractivity contribution is 0.102. The maximum absolute atomic E-state index is 8.73. The van der Waals surface area contributed by atoms with Crippen molar-refractivity contribution in [3.05, 3.63) is 0 Å². The van der Waals surface area contributed by atoms with Gasteiger partial charge in [0, 0.05) is 19.7 Å². The van der Waals surface area contributed by atoms with Crippen LogP contribution in [0.4, 0.5) is 0 Å². The highest BCUT2D eigenvalue weighted by Gasteiger charge is 2.22. The predicted octanol–water partition coefficient (Wildman–Crippen LogP) is 0.0895. The van der Waals surface area contributed by atoms with Gasteiger partial charge in [0.15, 0.2) is 0 Å². The summed E-state index contributed by atoms with van der Waals surface area (Å²) in [5, 5.41) is 8.73.